The lowest BCUT2D eigenvalue weighted by Crippen LogP contribution is -2.38. The Morgan fingerprint density at radius 1 is 0.968 bits per heavy atom. The van der Waals surface area contributed by atoms with Gasteiger partial charge in [-0.2, -0.15) is 0 Å². The number of carboxylic acid groups (broad SMARTS) is 1. The molecule has 0 saturated carbocycles. The van der Waals surface area contributed by atoms with Crippen molar-refractivity contribution in [2.24, 2.45) is 17.6 Å². The van der Waals surface area contributed by atoms with Gasteiger partial charge in [0.15, 0.2) is 11.5 Å². The van der Waals surface area contributed by atoms with Crippen LogP contribution < -0.4 is 15.2 Å². The highest BCUT2D eigenvalue weighted by Crippen LogP contribution is 2.34. The van der Waals surface area contributed by atoms with Gasteiger partial charge < -0.3 is 25.1 Å². The van der Waals surface area contributed by atoms with E-state index in [1.807, 2.05) is 13.8 Å². The number of benzene rings is 1. The molecule has 0 amide bonds. The zero-order valence-electron chi connectivity index (χ0n) is 18.7. The molecule has 0 aliphatic carbocycles. The van der Waals surface area contributed by atoms with Gasteiger partial charge in [0.05, 0.1) is 12.0 Å². The molecule has 1 aromatic carbocycles. The second-order valence-electron chi connectivity index (χ2n) is 7.88. The molecule has 0 fully saturated rings. The minimum atomic E-state index is -1.31. The van der Waals surface area contributed by atoms with E-state index in [0.717, 1.165) is 0 Å². The summed E-state index contributed by atoms with van der Waals surface area (Å²) in [4.78, 5) is 46.6. The normalized spacial score (nSPS) is 14.8. The molecule has 0 radical (unpaired) electrons. The zero-order chi connectivity index (χ0) is 23.9. The van der Waals surface area contributed by atoms with Crippen LogP contribution in [0.3, 0.4) is 0 Å². The molecule has 9 heteroatoms. The van der Waals surface area contributed by atoms with E-state index in [1.54, 1.807) is 13.8 Å². The minimum Gasteiger partial charge on any atom is -0.480 e. The summed E-state index contributed by atoms with van der Waals surface area (Å²) in [6.07, 6.45) is -0.495. The monoisotopic (exact) mass is 437 g/mol. The zero-order valence-corrected chi connectivity index (χ0v) is 18.7. The number of hydrogen-bond donors (Lipinski definition) is 2. The lowest BCUT2D eigenvalue weighted by Gasteiger charge is -2.26. The SMILES string of the molecule is CC(=O)Oc1ccc(C(CC(C)OC(=O)C(C)C(C)C)[C@H](N)C(=O)O)cc1OC(C)=O. The molecule has 1 aromatic rings. The number of ether oxygens (including phenoxy) is 3. The fraction of sp³-hybridized carbons (Fsp3) is 0.545. The van der Waals surface area contributed by atoms with Gasteiger partial charge in [-0.3, -0.25) is 19.2 Å². The summed E-state index contributed by atoms with van der Waals surface area (Å²) in [6.45, 7) is 9.61. The molecular weight excluding hydrogens is 406 g/mol. The molecule has 31 heavy (non-hydrogen) atoms. The highest BCUT2D eigenvalue weighted by Gasteiger charge is 2.30. The first kappa shape index (κ1) is 26.1. The Balaban J connectivity index is 3.23. The average Bonchev–Trinajstić information content (AvgIpc) is 2.65. The van der Waals surface area contributed by atoms with E-state index in [-0.39, 0.29) is 35.7 Å². The van der Waals surface area contributed by atoms with Gasteiger partial charge in [-0.15, -0.1) is 0 Å². The third-order valence-electron chi connectivity index (χ3n) is 4.90. The lowest BCUT2D eigenvalue weighted by atomic mass is 9.87. The molecule has 0 heterocycles. The first-order valence-corrected chi connectivity index (χ1v) is 10.0. The highest BCUT2D eigenvalue weighted by molar-refractivity contribution is 5.76. The third kappa shape index (κ3) is 8.01. The molecule has 172 valence electrons. The van der Waals surface area contributed by atoms with Gasteiger partial charge in [0.2, 0.25) is 0 Å². The Morgan fingerprint density at radius 2 is 1.52 bits per heavy atom. The maximum atomic E-state index is 12.3. The van der Waals surface area contributed by atoms with Crippen LogP contribution in [0, 0.1) is 11.8 Å². The largest absolute Gasteiger partial charge is 0.480 e. The van der Waals surface area contributed by atoms with Crippen LogP contribution in [0.1, 0.15) is 59.4 Å². The quantitative estimate of drug-likeness (QED) is 0.417. The van der Waals surface area contributed by atoms with Crippen LogP contribution in [-0.2, 0) is 23.9 Å². The van der Waals surface area contributed by atoms with E-state index in [0.29, 0.717) is 5.56 Å². The molecule has 0 aliphatic rings. The Labute approximate surface area is 181 Å². The standard InChI is InChI=1S/C22H31NO8/c1-11(2)13(4)22(28)29-12(3)9-17(20(23)21(26)27)16-7-8-18(30-14(5)24)19(10-16)31-15(6)25/h7-8,10-13,17,20H,9,23H2,1-6H3,(H,26,27)/t12?,13?,17?,20-/m0/s1. The van der Waals surface area contributed by atoms with Gasteiger partial charge in [-0.1, -0.05) is 26.8 Å². The first-order valence-electron chi connectivity index (χ1n) is 10.0. The van der Waals surface area contributed by atoms with Crippen LogP contribution in [0.2, 0.25) is 0 Å². The smallest absolute Gasteiger partial charge is 0.321 e. The lowest BCUT2D eigenvalue weighted by molar-refractivity contribution is -0.154. The van der Waals surface area contributed by atoms with Crippen molar-refractivity contribution in [3.05, 3.63) is 23.8 Å². The van der Waals surface area contributed by atoms with Crippen LogP contribution in [0.25, 0.3) is 0 Å². The number of carbonyl (C=O) groups excluding carboxylic acids is 3. The van der Waals surface area contributed by atoms with E-state index < -0.39 is 36.0 Å². The van der Waals surface area contributed by atoms with Crippen molar-refractivity contribution in [1.82, 2.24) is 0 Å². The van der Waals surface area contributed by atoms with Crippen LogP contribution in [-0.4, -0.2) is 41.1 Å². The second-order valence-corrected chi connectivity index (χ2v) is 7.88. The maximum absolute atomic E-state index is 12.3. The second kappa shape index (κ2) is 11.5. The van der Waals surface area contributed by atoms with Gasteiger partial charge in [-0.25, -0.2) is 0 Å². The predicted octanol–water partition coefficient (Wildman–Crippen LogP) is 2.65. The van der Waals surface area contributed by atoms with Crippen LogP contribution in [0.4, 0.5) is 0 Å². The molecule has 0 bridgehead atoms. The van der Waals surface area contributed by atoms with Gasteiger partial charge in [0, 0.05) is 19.8 Å². The Hall–Kier alpha value is -2.94. The number of carboxylic acids is 1. The number of esters is 3. The Morgan fingerprint density at radius 3 is 2.00 bits per heavy atom. The molecule has 1 rings (SSSR count). The van der Waals surface area contributed by atoms with Gasteiger partial charge in [-0.05, 0) is 37.0 Å². The third-order valence-corrected chi connectivity index (χ3v) is 4.90. The van der Waals surface area contributed by atoms with E-state index in [1.165, 1.54) is 32.0 Å². The molecule has 3 unspecified atom stereocenters. The number of hydrogen-bond acceptors (Lipinski definition) is 8. The van der Waals surface area contributed by atoms with E-state index in [2.05, 4.69) is 0 Å². The molecule has 0 saturated heterocycles. The van der Waals surface area contributed by atoms with Crippen molar-refractivity contribution in [2.75, 3.05) is 0 Å². The van der Waals surface area contributed by atoms with Gasteiger partial charge in [0.25, 0.3) is 0 Å². The minimum absolute atomic E-state index is 0.0133. The molecule has 0 aromatic heterocycles. The number of aliphatic carboxylic acids is 1. The van der Waals surface area contributed by atoms with Gasteiger partial charge >= 0.3 is 23.9 Å². The summed E-state index contributed by atoms with van der Waals surface area (Å²) in [7, 11) is 0. The summed E-state index contributed by atoms with van der Waals surface area (Å²) in [5.41, 5.74) is 6.35. The molecule has 3 N–H and O–H groups in total. The van der Waals surface area contributed by atoms with E-state index in [4.69, 9.17) is 19.9 Å². The molecule has 4 atom stereocenters. The van der Waals surface area contributed by atoms with Crippen LogP contribution in [0.5, 0.6) is 11.5 Å². The summed E-state index contributed by atoms with van der Waals surface area (Å²) in [5.74, 6) is -3.89. The summed E-state index contributed by atoms with van der Waals surface area (Å²) in [5, 5.41) is 9.47. The van der Waals surface area contributed by atoms with Crippen molar-refractivity contribution in [3.8, 4) is 11.5 Å². The van der Waals surface area contributed by atoms with Gasteiger partial charge in [0.1, 0.15) is 6.04 Å². The Bertz CT molecular complexity index is 820. The number of nitrogens with two attached hydrogens (primary N) is 1. The summed E-state index contributed by atoms with van der Waals surface area (Å²) >= 11 is 0. The van der Waals surface area contributed by atoms with E-state index in [9.17, 15) is 24.3 Å². The average molecular weight is 437 g/mol. The molecule has 0 spiro atoms. The topological polar surface area (TPSA) is 142 Å². The molecular formula is C22H31NO8. The number of carbonyl (C=O) groups is 4. The maximum Gasteiger partial charge on any atom is 0.321 e. The van der Waals surface area contributed by atoms with Crippen molar-refractivity contribution >= 4 is 23.9 Å². The highest BCUT2D eigenvalue weighted by atomic mass is 16.6. The fourth-order valence-corrected chi connectivity index (χ4v) is 2.87. The van der Waals surface area contributed by atoms with Crippen LogP contribution >= 0.6 is 0 Å². The summed E-state index contributed by atoms with van der Waals surface area (Å²) in [6, 6.07) is 3.02. The van der Waals surface area contributed by atoms with Crippen molar-refractivity contribution in [3.63, 3.8) is 0 Å². The van der Waals surface area contributed by atoms with Crippen molar-refractivity contribution < 1.29 is 38.5 Å². The summed E-state index contributed by atoms with van der Waals surface area (Å²) < 4.78 is 15.6. The predicted molar refractivity (Wildman–Crippen MR) is 112 cm³/mol. The van der Waals surface area contributed by atoms with Crippen molar-refractivity contribution in [1.29, 1.82) is 0 Å². The fourth-order valence-electron chi connectivity index (χ4n) is 2.87. The Kier molecular flexibility index (Phi) is 9.64. The van der Waals surface area contributed by atoms with Crippen molar-refractivity contribution in [2.45, 2.75) is 66.0 Å². The number of rotatable bonds is 10. The first-order chi connectivity index (χ1) is 14.3. The molecule has 9 nitrogen and oxygen atoms in total. The van der Waals surface area contributed by atoms with Crippen LogP contribution in [0.15, 0.2) is 18.2 Å². The van der Waals surface area contributed by atoms with E-state index >= 15 is 0 Å². The molecule has 0 aliphatic heterocycles.